The van der Waals surface area contributed by atoms with Gasteiger partial charge in [-0.2, -0.15) is 5.10 Å². The fraction of sp³-hybridized carbons (Fsp3) is 0.706. The topological polar surface area (TPSA) is 67.7 Å². The maximum Gasteiger partial charge on any atom is 0.252 e. The number of carbonyl (C=O) groups is 2. The lowest BCUT2D eigenvalue weighted by Gasteiger charge is -2.32. The Morgan fingerprint density at radius 3 is 2.71 bits per heavy atom. The van der Waals surface area contributed by atoms with E-state index in [9.17, 15) is 9.59 Å². The molecule has 0 unspecified atom stereocenters. The molecule has 1 aromatic heterocycles. The SMILES string of the molecule is Cc1c([C@@H]2[C@@H](C(=O)N3CCCCO3)CC(=O)N2C2CC2)cnn1C. The van der Waals surface area contributed by atoms with Gasteiger partial charge in [0.05, 0.1) is 24.8 Å². The molecule has 0 N–H and O–H groups in total. The molecule has 2 saturated heterocycles. The summed E-state index contributed by atoms with van der Waals surface area (Å²) < 4.78 is 1.81. The zero-order chi connectivity index (χ0) is 16.8. The molecule has 3 aliphatic rings. The van der Waals surface area contributed by atoms with Crippen molar-refractivity contribution in [3.05, 3.63) is 17.5 Å². The van der Waals surface area contributed by atoms with E-state index < -0.39 is 0 Å². The van der Waals surface area contributed by atoms with Gasteiger partial charge in [0.25, 0.3) is 5.91 Å². The highest BCUT2D eigenvalue weighted by Crippen LogP contribution is 2.46. The van der Waals surface area contributed by atoms with E-state index in [1.54, 1.807) is 0 Å². The summed E-state index contributed by atoms with van der Waals surface area (Å²) in [6.07, 6.45) is 6.08. The van der Waals surface area contributed by atoms with Crippen molar-refractivity contribution in [3.63, 3.8) is 0 Å². The summed E-state index contributed by atoms with van der Waals surface area (Å²) in [6.45, 7) is 3.19. The Hall–Kier alpha value is -1.89. The van der Waals surface area contributed by atoms with Crippen molar-refractivity contribution in [2.75, 3.05) is 13.2 Å². The van der Waals surface area contributed by atoms with Crippen LogP contribution in [0.4, 0.5) is 0 Å². The van der Waals surface area contributed by atoms with Crippen molar-refractivity contribution >= 4 is 11.8 Å². The van der Waals surface area contributed by atoms with Crippen LogP contribution in [0, 0.1) is 12.8 Å². The number of nitrogens with zero attached hydrogens (tertiary/aromatic N) is 4. The molecule has 7 nitrogen and oxygen atoms in total. The van der Waals surface area contributed by atoms with Crippen molar-refractivity contribution in [1.82, 2.24) is 19.7 Å². The molecular weight excluding hydrogens is 308 g/mol. The third-order valence-corrected chi connectivity index (χ3v) is 5.46. The van der Waals surface area contributed by atoms with Gasteiger partial charge in [0, 0.05) is 37.3 Å². The van der Waals surface area contributed by atoms with Gasteiger partial charge in [-0.1, -0.05) is 0 Å². The Balaban J connectivity index is 1.67. The molecule has 3 heterocycles. The Morgan fingerprint density at radius 2 is 2.12 bits per heavy atom. The predicted octanol–water partition coefficient (Wildman–Crippen LogP) is 1.33. The molecule has 130 valence electrons. The van der Waals surface area contributed by atoms with Gasteiger partial charge in [0.15, 0.2) is 0 Å². The number of rotatable bonds is 3. The molecule has 2 atom stereocenters. The van der Waals surface area contributed by atoms with E-state index in [2.05, 4.69) is 5.10 Å². The second kappa shape index (κ2) is 5.88. The minimum absolute atomic E-state index is 0.0561. The Kier molecular flexibility index (Phi) is 3.83. The first-order chi connectivity index (χ1) is 11.6. The first-order valence-electron chi connectivity index (χ1n) is 8.82. The van der Waals surface area contributed by atoms with Gasteiger partial charge in [0.2, 0.25) is 5.91 Å². The minimum Gasteiger partial charge on any atom is -0.332 e. The van der Waals surface area contributed by atoms with Gasteiger partial charge in [-0.25, -0.2) is 5.06 Å². The van der Waals surface area contributed by atoms with E-state index in [4.69, 9.17) is 4.84 Å². The summed E-state index contributed by atoms with van der Waals surface area (Å²) in [5, 5.41) is 5.81. The van der Waals surface area contributed by atoms with Gasteiger partial charge >= 0.3 is 0 Å². The van der Waals surface area contributed by atoms with Crippen LogP contribution in [0.15, 0.2) is 6.20 Å². The molecule has 2 amide bonds. The number of likely N-dealkylation sites (tertiary alicyclic amines) is 1. The average Bonchev–Trinajstić information content (AvgIpc) is 3.30. The summed E-state index contributed by atoms with van der Waals surface area (Å²) in [4.78, 5) is 33.2. The summed E-state index contributed by atoms with van der Waals surface area (Å²) >= 11 is 0. The maximum atomic E-state index is 13.0. The molecule has 2 aliphatic heterocycles. The highest BCUT2D eigenvalue weighted by atomic mass is 16.7. The highest BCUT2D eigenvalue weighted by Gasteiger charge is 2.51. The summed E-state index contributed by atoms with van der Waals surface area (Å²) in [5.41, 5.74) is 2.00. The molecule has 0 bridgehead atoms. The minimum atomic E-state index is -0.376. The third-order valence-electron chi connectivity index (χ3n) is 5.46. The molecule has 4 rings (SSSR count). The summed E-state index contributed by atoms with van der Waals surface area (Å²) in [7, 11) is 1.89. The van der Waals surface area contributed by atoms with Crippen LogP contribution >= 0.6 is 0 Å². The molecule has 1 aliphatic carbocycles. The van der Waals surface area contributed by atoms with Crippen LogP contribution in [-0.2, 0) is 21.5 Å². The van der Waals surface area contributed by atoms with Crippen LogP contribution in [0.3, 0.4) is 0 Å². The van der Waals surface area contributed by atoms with Crippen LogP contribution < -0.4 is 0 Å². The number of amides is 2. The van der Waals surface area contributed by atoms with E-state index in [1.807, 2.05) is 29.7 Å². The van der Waals surface area contributed by atoms with E-state index >= 15 is 0 Å². The second-order valence-electron chi connectivity index (χ2n) is 7.08. The number of hydroxylamine groups is 2. The molecule has 0 spiro atoms. The number of carbonyl (C=O) groups excluding carboxylic acids is 2. The average molecular weight is 332 g/mol. The number of hydrogen-bond donors (Lipinski definition) is 0. The van der Waals surface area contributed by atoms with Gasteiger partial charge in [-0.05, 0) is 32.6 Å². The van der Waals surface area contributed by atoms with Crippen molar-refractivity contribution in [2.45, 2.75) is 51.1 Å². The summed E-state index contributed by atoms with van der Waals surface area (Å²) in [6, 6.07) is 0.0684. The van der Waals surface area contributed by atoms with Crippen LogP contribution in [-0.4, -0.2) is 50.8 Å². The maximum absolute atomic E-state index is 13.0. The fourth-order valence-corrected chi connectivity index (χ4v) is 3.89. The molecule has 7 heteroatoms. The summed E-state index contributed by atoms with van der Waals surface area (Å²) in [5.74, 6) is -0.348. The molecule has 1 aromatic rings. The van der Waals surface area contributed by atoms with Gasteiger partial charge in [-0.3, -0.25) is 19.1 Å². The van der Waals surface area contributed by atoms with Crippen LogP contribution in [0.1, 0.15) is 49.4 Å². The lowest BCUT2D eigenvalue weighted by Crippen LogP contribution is -2.42. The second-order valence-corrected chi connectivity index (χ2v) is 7.08. The van der Waals surface area contributed by atoms with E-state index in [-0.39, 0.29) is 36.2 Å². The molecule has 3 fully saturated rings. The number of aryl methyl sites for hydroxylation is 1. The molecule has 0 radical (unpaired) electrons. The largest absolute Gasteiger partial charge is 0.332 e. The lowest BCUT2D eigenvalue weighted by molar-refractivity contribution is -0.202. The van der Waals surface area contributed by atoms with Crippen molar-refractivity contribution in [1.29, 1.82) is 0 Å². The van der Waals surface area contributed by atoms with Gasteiger partial charge < -0.3 is 4.90 Å². The van der Waals surface area contributed by atoms with Gasteiger partial charge in [0.1, 0.15) is 0 Å². The van der Waals surface area contributed by atoms with Crippen LogP contribution in [0.2, 0.25) is 0 Å². The Morgan fingerprint density at radius 1 is 1.33 bits per heavy atom. The number of hydrogen-bond acceptors (Lipinski definition) is 4. The normalized spacial score (nSPS) is 27.8. The Bertz CT molecular complexity index is 661. The first kappa shape index (κ1) is 15.6. The van der Waals surface area contributed by atoms with Crippen molar-refractivity contribution in [2.24, 2.45) is 13.0 Å². The fourth-order valence-electron chi connectivity index (χ4n) is 3.89. The molecule has 24 heavy (non-hydrogen) atoms. The smallest absolute Gasteiger partial charge is 0.252 e. The van der Waals surface area contributed by atoms with Crippen LogP contribution in [0.5, 0.6) is 0 Å². The quantitative estimate of drug-likeness (QED) is 0.837. The number of aromatic nitrogens is 2. The Labute approximate surface area is 141 Å². The van der Waals surface area contributed by atoms with E-state index in [0.29, 0.717) is 13.2 Å². The first-order valence-corrected chi connectivity index (χ1v) is 8.82. The zero-order valence-corrected chi connectivity index (χ0v) is 14.3. The van der Waals surface area contributed by atoms with E-state index in [0.717, 1.165) is 36.9 Å². The van der Waals surface area contributed by atoms with Crippen molar-refractivity contribution in [3.8, 4) is 0 Å². The predicted molar refractivity (Wildman–Crippen MR) is 85.6 cm³/mol. The van der Waals surface area contributed by atoms with Crippen LogP contribution in [0.25, 0.3) is 0 Å². The van der Waals surface area contributed by atoms with Crippen molar-refractivity contribution < 1.29 is 14.4 Å². The molecule has 1 saturated carbocycles. The monoisotopic (exact) mass is 332 g/mol. The highest BCUT2D eigenvalue weighted by molar-refractivity contribution is 5.90. The lowest BCUT2D eigenvalue weighted by atomic mass is 9.92. The zero-order valence-electron chi connectivity index (χ0n) is 14.3. The molecular formula is C17H24N4O3. The molecule has 0 aromatic carbocycles. The van der Waals surface area contributed by atoms with Gasteiger partial charge in [-0.15, -0.1) is 0 Å². The third kappa shape index (κ3) is 2.51. The standard InChI is InChI=1S/C17H24N4O3/c1-11-14(10-18-19(11)2)16-13(9-15(22)21(16)12-5-6-12)17(23)20-7-3-4-8-24-20/h10,12-13,16H,3-9H2,1-2H3/t13-,16-/m0/s1. The van der Waals surface area contributed by atoms with E-state index in [1.165, 1.54) is 5.06 Å².